The number of hydrogen-bond acceptors (Lipinski definition) is 3. The third-order valence-electron chi connectivity index (χ3n) is 3.93. The first-order valence-corrected chi connectivity index (χ1v) is 6.83. The van der Waals surface area contributed by atoms with E-state index in [1.807, 2.05) is 20.8 Å². The van der Waals surface area contributed by atoms with E-state index in [4.69, 9.17) is 0 Å². The second-order valence-corrected chi connectivity index (χ2v) is 6.57. The van der Waals surface area contributed by atoms with Crippen LogP contribution in [0.15, 0.2) is 18.2 Å². The molecule has 1 aromatic carbocycles. The maximum Gasteiger partial charge on any atom is 0.436 e. The van der Waals surface area contributed by atoms with E-state index >= 15 is 0 Å². The zero-order valence-corrected chi connectivity index (χ0v) is 12.8. The Labute approximate surface area is 126 Å². The summed E-state index contributed by atoms with van der Waals surface area (Å²) in [5.41, 5.74) is -2.26. The lowest BCUT2D eigenvalue weighted by Gasteiger charge is -2.37. The summed E-state index contributed by atoms with van der Waals surface area (Å²) in [6.45, 7) is 6.57. The maximum absolute atomic E-state index is 13.3. The van der Waals surface area contributed by atoms with Gasteiger partial charge in [-0.2, -0.15) is 13.2 Å². The molecule has 1 atom stereocenters. The van der Waals surface area contributed by atoms with Gasteiger partial charge in [-0.15, -0.1) is 0 Å². The van der Waals surface area contributed by atoms with E-state index < -0.39 is 30.0 Å². The third-order valence-corrected chi connectivity index (χ3v) is 3.93. The lowest BCUT2D eigenvalue weighted by atomic mass is 9.81. The fourth-order valence-electron chi connectivity index (χ4n) is 2.46. The van der Waals surface area contributed by atoms with Crippen LogP contribution < -0.4 is 0 Å². The van der Waals surface area contributed by atoms with E-state index in [0.717, 1.165) is 12.5 Å². The van der Waals surface area contributed by atoms with Gasteiger partial charge in [-0.05, 0) is 29.5 Å². The van der Waals surface area contributed by atoms with E-state index in [1.165, 1.54) is 12.1 Å². The Kier molecular flexibility index (Phi) is 3.62. The van der Waals surface area contributed by atoms with Gasteiger partial charge in [0.25, 0.3) is 5.60 Å². The van der Waals surface area contributed by atoms with Crippen molar-refractivity contribution < 1.29 is 27.5 Å². The van der Waals surface area contributed by atoms with Crippen LogP contribution in [0.1, 0.15) is 49.2 Å². The largest absolute Gasteiger partial charge is 0.437 e. The fraction of sp³-hybridized carbons (Fsp3) is 0.500. The van der Waals surface area contributed by atoms with E-state index in [2.05, 4.69) is 4.74 Å². The first kappa shape index (κ1) is 16.5. The number of fused-ring (bicyclic) bond motifs is 1. The minimum Gasteiger partial charge on any atom is -0.437 e. The Morgan fingerprint density at radius 3 is 2.27 bits per heavy atom. The maximum atomic E-state index is 13.3. The SMILES string of the molecule is CC(=O)C1(C(F)(F)F)Cc2ccc(C(C)(C)C)cc2C(=O)O1. The summed E-state index contributed by atoms with van der Waals surface area (Å²) in [5.74, 6) is -2.33. The van der Waals surface area contributed by atoms with E-state index in [9.17, 15) is 22.8 Å². The van der Waals surface area contributed by atoms with Gasteiger partial charge in [0.15, 0.2) is 5.78 Å². The highest BCUT2D eigenvalue weighted by Gasteiger charge is 2.63. The molecule has 6 heteroatoms. The third kappa shape index (κ3) is 2.51. The standard InChI is InChI=1S/C16H17F3O3/c1-9(20)15(16(17,18)19)8-10-5-6-11(14(2,3)4)7-12(10)13(21)22-15/h5-7H,8H2,1-4H3. The van der Waals surface area contributed by atoms with Crippen LogP contribution in [-0.2, 0) is 21.4 Å². The van der Waals surface area contributed by atoms with Crippen molar-refractivity contribution in [2.75, 3.05) is 0 Å². The molecule has 0 fully saturated rings. The molecule has 0 saturated heterocycles. The van der Waals surface area contributed by atoms with Crippen LogP contribution >= 0.6 is 0 Å². The molecule has 0 radical (unpaired) electrons. The molecule has 0 aliphatic carbocycles. The summed E-state index contributed by atoms with van der Waals surface area (Å²) in [5, 5.41) is 0. The van der Waals surface area contributed by atoms with Crippen LogP contribution in [0, 0.1) is 0 Å². The smallest absolute Gasteiger partial charge is 0.436 e. The first-order valence-electron chi connectivity index (χ1n) is 6.83. The van der Waals surface area contributed by atoms with Gasteiger partial charge in [0.1, 0.15) is 0 Å². The highest BCUT2D eigenvalue weighted by molar-refractivity contribution is 5.98. The number of hydrogen-bond donors (Lipinski definition) is 0. The summed E-state index contributed by atoms with van der Waals surface area (Å²) >= 11 is 0. The monoisotopic (exact) mass is 314 g/mol. The Balaban J connectivity index is 2.56. The molecule has 0 N–H and O–H groups in total. The molecule has 1 heterocycles. The van der Waals surface area contributed by atoms with E-state index in [0.29, 0.717) is 0 Å². The summed E-state index contributed by atoms with van der Waals surface area (Å²) < 4.78 is 44.4. The molecule has 120 valence electrons. The average Bonchev–Trinajstić information content (AvgIpc) is 2.35. The van der Waals surface area contributed by atoms with Gasteiger partial charge in [0.05, 0.1) is 5.56 Å². The number of esters is 1. The van der Waals surface area contributed by atoms with Gasteiger partial charge >= 0.3 is 12.1 Å². The minimum absolute atomic E-state index is 0.0913. The molecule has 1 aliphatic heterocycles. The van der Waals surface area contributed by atoms with Gasteiger partial charge < -0.3 is 4.74 Å². The highest BCUT2D eigenvalue weighted by atomic mass is 19.4. The Hall–Kier alpha value is -1.85. The number of ether oxygens (including phenoxy) is 1. The van der Waals surface area contributed by atoms with Gasteiger partial charge in [-0.3, -0.25) is 4.79 Å². The van der Waals surface area contributed by atoms with Crippen LogP contribution in [-0.4, -0.2) is 23.5 Å². The molecule has 1 unspecified atom stereocenters. The normalized spacial score (nSPS) is 22.0. The topological polar surface area (TPSA) is 43.4 Å². The number of ketones is 1. The van der Waals surface area contributed by atoms with E-state index in [-0.39, 0.29) is 16.5 Å². The van der Waals surface area contributed by atoms with E-state index in [1.54, 1.807) is 6.07 Å². The molecule has 0 spiro atoms. The molecule has 1 aromatic rings. The van der Waals surface area contributed by atoms with Gasteiger partial charge in [-0.25, -0.2) is 4.79 Å². The Morgan fingerprint density at radius 1 is 1.23 bits per heavy atom. The average molecular weight is 314 g/mol. The number of benzene rings is 1. The Bertz CT molecular complexity index is 641. The molecule has 2 rings (SSSR count). The quantitative estimate of drug-likeness (QED) is 0.744. The molecule has 0 amide bonds. The molecule has 1 aliphatic rings. The van der Waals surface area contributed by atoms with Gasteiger partial charge in [-0.1, -0.05) is 32.9 Å². The van der Waals surface area contributed by atoms with Gasteiger partial charge in [0.2, 0.25) is 0 Å². The van der Waals surface area contributed by atoms with Crippen LogP contribution in [0.25, 0.3) is 0 Å². The van der Waals surface area contributed by atoms with Crippen molar-refractivity contribution in [2.24, 2.45) is 0 Å². The Morgan fingerprint density at radius 2 is 1.82 bits per heavy atom. The number of carbonyl (C=O) groups excluding carboxylic acids is 2. The number of Topliss-reactive ketones (excluding diaryl/α,β-unsaturated/α-hetero) is 1. The lowest BCUT2D eigenvalue weighted by Crippen LogP contribution is -2.58. The predicted octanol–water partition coefficient (Wildman–Crippen LogP) is 3.59. The minimum atomic E-state index is -4.95. The molecule has 0 bridgehead atoms. The second-order valence-electron chi connectivity index (χ2n) is 6.57. The number of alkyl halides is 3. The van der Waals surface area contributed by atoms with Gasteiger partial charge in [0, 0.05) is 6.42 Å². The molecule has 22 heavy (non-hydrogen) atoms. The highest BCUT2D eigenvalue weighted by Crippen LogP contribution is 2.42. The number of rotatable bonds is 1. The van der Waals surface area contributed by atoms with Crippen LogP contribution in [0.3, 0.4) is 0 Å². The summed E-state index contributed by atoms with van der Waals surface area (Å²) in [7, 11) is 0. The molecular formula is C16H17F3O3. The number of halogens is 3. The molecule has 3 nitrogen and oxygen atoms in total. The van der Waals surface area contributed by atoms with Crippen molar-refractivity contribution in [2.45, 2.75) is 51.3 Å². The second kappa shape index (κ2) is 4.83. The summed E-state index contributed by atoms with van der Waals surface area (Å²) in [4.78, 5) is 23.6. The molecular weight excluding hydrogens is 297 g/mol. The van der Waals surface area contributed by atoms with Crippen molar-refractivity contribution in [3.8, 4) is 0 Å². The van der Waals surface area contributed by atoms with Crippen molar-refractivity contribution in [1.82, 2.24) is 0 Å². The first-order chi connectivity index (χ1) is 9.88. The van der Waals surface area contributed by atoms with Crippen LogP contribution in [0.5, 0.6) is 0 Å². The van der Waals surface area contributed by atoms with Crippen molar-refractivity contribution >= 4 is 11.8 Å². The van der Waals surface area contributed by atoms with Crippen molar-refractivity contribution in [1.29, 1.82) is 0 Å². The summed E-state index contributed by atoms with van der Waals surface area (Å²) in [6.07, 6.45) is -5.63. The zero-order chi connectivity index (χ0) is 16.9. The van der Waals surface area contributed by atoms with Crippen molar-refractivity contribution in [3.05, 3.63) is 34.9 Å². The molecule has 0 aromatic heterocycles. The van der Waals surface area contributed by atoms with Crippen LogP contribution in [0.2, 0.25) is 0 Å². The lowest BCUT2D eigenvalue weighted by molar-refractivity contribution is -0.250. The number of cyclic esters (lactones) is 1. The zero-order valence-electron chi connectivity index (χ0n) is 12.8. The molecule has 0 saturated carbocycles. The number of carbonyl (C=O) groups is 2. The predicted molar refractivity (Wildman–Crippen MR) is 73.7 cm³/mol. The van der Waals surface area contributed by atoms with Crippen molar-refractivity contribution in [3.63, 3.8) is 0 Å². The fourth-order valence-corrected chi connectivity index (χ4v) is 2.46. The van der Waals surface area contributed by atoms with Crippen LogP contribution in [0.4, 0.5) is 13.2 Å². The summed E-state index contributed by atoms with van der Waals surface area (Å²) in [6, 6.07) is 4.69.